The average Bonchev–Trinajstić information content (AvgIpc) is 2.58. The third-order valence-corrected chi connectivity index (χ3v) is 8.04. The van der Waals surface area contributed by atoms with Crippen molar-refractivity contribution in [1.29, 1.82) is 0 Å². The van der Waals surface area contributed by atoms with Crippen molar-refractivity contribution in [3.8, 4) is 11.5 Å². The first-order valence-corrected chi connectivity index (χ1v) is 12.8. The Morgan fingerprint density at radius 2 is 0.844 bits per heavy atom. The molecule has 0 unspecified atom stereocenters. The van der Waals surface area contributed by atoms with Crippen LogP contribution >= 0.6 is 0 Å². The van der Waals surface area contributed by atoms with E-state index in [0.717, 1.165) is 11.1 Å². The molecular formula is C24H26O6S2. The van der Waals surface area contributed by atoms with Crippen molar-refractivity contribution < 1.29 is 25.2 Å². The maximum absolute atomic E-state index is 12.9. The largest absolute Gasteiger partial charge is 0.379 e. The number of benzene rings is 3. The van der Waals surface area contributed by atoms with Crippen molar-refractivity contribution in [2.75, 3.05) is 0 Å². The number of aryl methyl sites for hydroxylation is 6. The lowest BCUT2D eigenvalue weighted by Gasteiger charge is -2.15. The van der Waals surface area contributed by atoms with Crippen LogP contribution in [0.1, 0.15) is 33.4 Å². The van der Waals surface area contributed by atoms with E-state index in [1.807, 2.05) is 13.8 Å². The second-order valence-corrected chi connectivity index (χ2v) is 11.0. The first-order valence-electron chi connectivity index (χ1n) is 9.95. The summed E-state index contributed by atoms with van der Waals surface area (Å²) in [7, 11) is -8.25. The zero-order valence-electron chi connectivity index (χ0n) is 18.9. The molecule has 3 aromatic rings. The zero-order chi connectivity index (χ0) is 23.8. The van der Waals surface area contributed by atoms with Crippen LogP contribution in [0, 0.1) is 41.5 Å². The van der Waals surface area contributed by atoms with Crippen LogP contribution < -0.4 is 8.37 Å². The van der Waals surface area contributed by atoms with Crippen molar-refractivity contribution in [3.63, 3.8) is 0 Å². The molecule has 0 saturated carbocycles. The minimum Gasteiger partial charge on any atom is -0.379 e. The molecule has 8 heteroatoms. The van der Waals surface area contributed by atoms with Gasteiger partial charge in [-0.1, -0.05) is 41.5 Å². The second-order valence-electron chi connectivity index (χ2n) is 8.01. The molecule has 0 radical (unpaired) electrons. The summed E-state index contributed by atoms with van der Waals surface area (Å²) < 4.78 is 62.3. The molecule has 0 aliphatic heterocycles. The third kappa shape index (κ3) is 4.97. The van der Waals surface area contributed by atoms with E-state index in [1.165, 1.54) is 24.3 Å². The lowest BCUT2D eigenvalue weighted by molar-refractivity contribution is 0.475. The van der Waals surface area contributed by atoms with E-state index in [-0.39, 0.29) is 21.3 Å². The van der Waals surface area contributed by atoms with Crippen LogP contribution in [0.2, 0.25) is 0 Å². The summed E-state index contributed by atoms with van der Waals surface area (Å²) >= 11 is 0. The predicted octanol–water partition coefficient (Wildman–Crippen LogP) is 5.07. The normalized spacial score (nSPS) is 11.9. The van der Waals surface area contributed by atoms with Crippen molar-refractivity contribution in [2.45, 2.75) is 51.3 Å². The number of hydrogen-bond acceptors (Lipinski definition) is 6. The fraction of sp³-hybridized carbons (Fsp3) is 0.250. The Bertz CT molecular complexity index is 1250. The molecule has 0 aliphatic rings. The van der Waals surface area contributed by atoms with Crippen molar-refractivity contribution in [3.05, 3.63) is 81.9 Å². The van der Waals surface area contributed by atoms with Crippen molar-refractivity contribution in [1.82, 2.24) is 0 Å². The molecule has 3 rings (SSSR count). The van der Waals surface area contributed by atoms with Gasteiger partial charge in [-0.3, -0.25) is 0 Å². The third-order valence-electron chi connectivity index (χ3n) is 4.93. The summed E-state index contributed by atoms with van der Waals surface area (Å²) in [5, 5.41) is 0. The highest BCUT2D eigenvalue weighted by Gasteiger charge is 2.25. The molecule has 0 aromatic heterocycles. The zero-order valence-corrected chi connectivity index (χ0v) is 20.5. The highest BCUT2D eigenvalue weighted by atomic mass is 32.2. The topological polar surface area (TPSA) is 86.7 Å². The van der Waals surface area contributed by atoms with Crippen LogP contribution in [0.5, 0.6) is 11.5 Å². The molecule has 170 valence electrons. The summed E-state index contributed by atoms with van der Waals surface area (Å²) in [6.07, 6.45) is 0. The molecule has 3 aromatic carbocycles. The molecule has 0 bridgehead atoms. The molecule has 0 saturated heterocycles. The maximum atomic E-state index is 12.9. The van der Waals surface area contributed by atoms with Crippen LogP contribution in [-0.4, -0.2) is 16.8 Å². The van der Waals surface area contributed by atoms with Crippen LogP contribution in [0.3, 0.4) is 0 Å². The Labute approximate surface area is 190 Å². The highest BCUT2D eigenvalue weighted by Crippen LogP contribution is 2.30. The average molecular weight is 475 g/mol. The Morgan fingerprint density at radius 1 is 0.531 bits per heavy atom. The summed E-state index contributed by atoms with van der Waals surface area (Å²) in [6.45, 7) is 10.6. The van der Waals surface area contributed by atoms with Gasteiger partial charge in [0, 0.05) is 6.07 Å². The first-order chi connectivity index (χ1) is 14.8. The van der Waals surface area contributed by atoms with E-state index >= 15 is 0 Å². The van der Waals surface area contributed by atoms with Gasteiger partial charge in [0.25, 0.3) is 0 Å². The van der Waals surface area contributed by atoms with Crippen LogP contribution in [0.25, 0.3) is 0 Å². The van der Waals surface area contributed by atoms with E-state index in [9.17, 15) is 16.8 Å². The minimum absolute atomic E-state index is 0.0468. The van der Waals surface area contributed by atoms with Gasteiger partial charge in [-0.2, -0.15) is 16.8 Å². The quantitative estimate of drug-likeness (QED) is 0.464. The molecule has 32 heavy (non-hydrogen) atoms. The Kier molecular flexibility index (Phi) is 6.40. The Hall–Kier alpha value is -2.84. The standard InChI is InChI=1S/C24H26O6S2/c1-15-10-17(3)23(18(4)11-15)31(25,26)29-21-8-7-9-22(14-21)30-32(27,28)24-19(5)12-16(2)13-20(24)6/h7-14H,1-6H3. The van der Waals surface area contributed by atoms with Gasteiger partial charge in [0.2, 0.25) is 0 Å². The van der Waals surface area contributed by atoms with E-state index in [4.69, 9.17) is 8.37 Å². The fourth-order valence-electron chi connectivity index (χ4n) is 4.04. The van der Waals surface area contributed by atoms with Gasteiger partial charge in [-0.15, -0.1) is 0 Å². The predicted molar refractivity (Wildman–Crippen MR) is 123 cm³/mol. The molecule has 0 fully saturated rings. The molecule has 0 aliphatic carbocycles. The Balaban J connectivity index is 1.93. The second kappa shape index (κ2) is 8.60. The van der Waals surface area contributed by atoms with E-state index in [1.54, 1.807) is 52.0 Å². The molecule has 0 heterocycles. The summed E-state index contributed by atoms with van der Waals surface area (Å²) in [5.41, 5.74) is 4.18. The fourth-order valence-corrected chi connectivity index (χ4v) is 6.73. The van der Waals surface area contributed by atoms with Crippen molar-refractivity contribution in [2.24, 2.45) is 0 Å². The molecule has 0 spiro atoms. The number of rotatable bonds is 6. The molecule has 0 N–H and O–H groups in total. The van der Waals surface area contributed by atoms with Crippen LogP contribution in [0.15, 0.2) is 58.3 Å². The van der Waals surface area contributed by atoms with Gasteiger partial charge in [-0.05, 0) is 75.9 Å². The van der Waals surface area contributed by atoms with Crippen LogP contribution in [-0.2, 0) is 20.2 Å². The van der Waals surface area contributed by atoms with Crippen molar-refractivity contribution >= 4 is 20.2 Å². The van der Waals surface area contributed by atoms with Gasteiger partial charge in [-0.25, -0.2) is 0 Å². The Morgan fingerprint density at radius 3 is 1.16 bits per heavy atom. The van der Waals surface area contributed by atoms with Gasteiger partial charge in [0.1, 0.15) is 21.3 Å². The minimum atomic E-state index is -4.13. The van der Waals surface area contributed by atoms with Gasteiger partial charge < -0.3 is 8.37 Å². The smallest absolute Gasteiger partial charge is 0.339 e. The SMILES string of the molecule is Cc1cc(C)c(S(=O)(=O)Oc2cccc(OS(=O)(=O)c3c(C)cc(C)cc3C)c2)c(C)c1. The van der Waals surface area contributed by atoms with Crippen LogP contribution in [0.4, 0.5) is 0 Å². The highest BCUT2D eigenvalue weighted by molar-refractivity contribution is 7.87. The monoisotopic (exact) mass is 474 g/mol. The van der Waals surface area contributed by atoms with E-state index < -0.39 is 20.2 Å². The first kappa shape index (κ1) is 23.8. The number of hydrogen-bond donors (Lipinski definition) is 0. The summed E-state index contributed by atoms with van der Waals surface area (Å²) in [6, 6.07) is 12.6. The summed E-state index contributed by atoms with van der Waals surface area (Å²) in [5.74, 6) is -0.0937. The maximum Gasteiger partial charge on any atom is 0.339 e. The lowest BCUT2D eigenvalue weighted by Crippen LogP contribution is -2.14. The van der Waals surface area contributed by atoms with E-state index in [0.29, 0.717) is 22.3 Å². The molecule has 0 atom stereocenters. The molecule has 6 nitrogen and oxygen atoms in total. The van der Waals surface area contributed by atoms with Gasteiger partial charge in [0.05, 0.1) is 0 Å². The van der Waals surface area contributed by atoms with E-state index in [2.05, 4.69) is 0 Å². The van der Waals surface area contributed by atoms with Gasteiger partial charge in [0.15, 0.2) is 0 Å². The summed E-state index contributed by atoms with van der Waals surface area (Å²) in [4.78, 5) is 0.181. The lowest BCUT2D eigenvalue weighted by atomic mass is 10.1. The van der Waals surface area contributed by atoms with Gasteiger partial charge >= 0.3 is 20.2 Å². The molecular weight excluding hydrogens is 448 g/mol. The molecule has 0 amide bonds.